The van der Waals surface area contributed by atoms with Crippen LogP contribution < -0.4 is 9.46 Å². The molecule has 2 rings (SSSR count). The lowest BCUT2D eigenvalue weighted by Gasteiger charge is -2.23. The summed E-state index contributed by atoms with van der Waals surface area (Å²) in [7, 11) is -0.651. The standard InChI is InChI=1S/C17H17ClF4N2O3S/c1-24(2)10-16(11-3-8-15(19)14(18)9-11)23-28(25,26)13-6-4-12(5-7-13)27-17(20,21)22/h3-9,16,23H,10H2,1-2H3/t16-/m0/s1. The van der Waals surface area contributed by atoms with Crippen LogP contribution in [0.3, 0.4) is 0 Å². The highest BCUT2D eigenvalue weighted by atomic mass is 35.5. The van der Waals surface area contributed by atoms with Gasteiger partial charge in [0.2, 0.25) is 10.0 Å². The molecule has 2 aromatic carbocycles. The SMILES string of the molecule is CN(C)C[C@H](NS(=O)(=O)c1ccc(OC(F)(F)F)cc1)c1ccc(F)c(Cl)c1. The van der Waals surface area contributed by atoms with Crippen LogP contribution in [0.2, 0.25) is 5.02 Å². The predicted molar refractivity (Wildman–Crippen MR) is 96.2 cm³/mol. The van der Waals surface area contributed by atoms with Crippen molar-refractivity contribution in [1.29, 1.82) is 0 Å². The van der Waals surface area contributed by atoms with Crippen molar-refractivity contribution in [2.24, 2.45) is 0 Å². The van der Waals surface area contributed by atoms with Crippen molar-refractivity contribution in [1.82, 2.24) is 9.62 Å². The second kappa shape index (κ2) is 8.64. The zero-order chi connectivity index (χ0) is 21.1. The first-order valence-corrected chi connectivity index (χ1v) is 9.71. The molecular formula is C17H17ClF4N2O3S. The lowest BCUT2D eigenvalue weighted by Crippen LogP contribution is -2.35. The molecule has 5 nitrogen and oxygen atoms in total. The van der Waals surface area contributed by atoms with Gasteiger partial charge in [-0.1, -0.05) is 17.7 Å². The number of benzene rings is 2. The summed E-state index contributed by atoms with van der Waals surface area (Å²) in [5.74, 6) is -1.18. The number of hydrogen-bond donors (Lipinski definition) is 1. The smallest absolute Gasteiger partial charge is 0.406 e. The molecule has 0 bridgehead atoms. The third kappa shape index (κ3) is 6.33. The largest absolute Gasteiger partial charge is 0.573 e. The summed E-state index contributed by atoms with van der Waals surface area (Å²) in [6.07, 6.45) is -4.88. The number of sulfonamides is 1. The minimum absolute atomic E-state index is 0.158. The van der Waals surface area contributed by atoms with Crippen LogP contribution in [0, 0.1) is 5.82 Å². The van der Waals surface area contributed by atoms with Crippen LogP contribution in [0.1, 0.15) is 11.6 Å². The highest BCUT2D eigenvalue weighted by Gasteiger charge is 2.31. The van der Waals surface area contributed by atoms with Crippen LogP contribution in [0.5, 0.6) is 5.75 Å². The number of nitrogens with one attached hydrogen (secondary N) is 1. The Morgan fingerprint density at radius 1 is 1.14 bits per heavy atom. The van der Waals surface area contributed by atoms with Gasteiger partial charge in [0.05, 0.1) is 16.0 Å². The Bertz CT molecular complexity index is 919. The second-order valence-electron chi connectivity index (χ2n) is 6.13. The lowest BCUT2D eigenvalue weighted by molar-refractivity contribution is -0.274. The van der Waals surface area contributed by atoms with Gasteiger partial charge in [-0.05, 0) is 56.1 Å². The van der Waals surface area contributed by atoms with Gasteiger partial charge in [-0.25, -0.2) is 17.5 Å². The molecule has 0 saturated heterocycles. The minimum atomic E-state index is -4.88. The van der Waals surface area contributed by atoms with Gasteiger partial charge in [-0.3, -0.25) is 0 Å². The quantitative estimate of drug-likeness (QED) is 0.662. The van der Waals surface area contributed by atoms with E-state index in [9.17, 15) is 26.0 Å². The molecule has 0 amide bonds. The molecule has 154 valence electrons. The Balaban J connectivity index is 2.28. The molecule has 0 aliphatic rings. The topological polar surface area (TPSA) is 58.6 Å². The summed E-state index contributed by atoms with van der Waals surface area (Å²) in [5, 5.41) is -0.158. The van der Waals surface area contributed by atoms with Gasteiger partial charge in [0.25, 0.3) is 0 Å². The Morgan fingerprint density at radius 3 is 2.25 bits per heavy atom. The lowest BCUT2D eigenvalue weighted by atomic mass is 10.1. The van der Waals surface area contributed by atoms with E-state index in [0.29, 0.717) is 5.56 Å². The van der Waals surface area contributed by atoms with Gasteiger partial charge in [0.15, 0.2) is 0 Å². The van der Waals surface area contributed by atoms with Gasteiger partial charge in [0.1, 0.15) is 11.6 Å². The molecule has 28 heavy (non-hydrogen) atoms. The van der Waals surface area contributed by atoms with E-state index in [1.165, 1.54) is 12.1 Å². The molecule has 0 unspecified atom stereocenters. The van der Waals surface area contributed by atoms with Crippen molar-refractivity contribution in [3.8, 4) is 5.75 Å². The van der Waals surface area contributed by atoms with Crippen LogP contribution in [-0.4, -0.2) is 40.3 Å². The molecule has 0 saturated carbocycles. The van der Waals surface area contributed by atoms with Gasteiger partial charge >= 0.3 is 6.36 Å². The van der Waals surface area contributed by atoms with Crippen LogP contribution in [0.4, 0.5) is 17.6 Å². The monoisotopic (exact) mass is 440 g/mol. The number of rotatable bonds is 7. The minimum Gasteiger partial charge on any atom is -0.406 e. The molecule has 0 aromatic heterocycles. The third-order valence-electron chi connectivity index (χ3n) is 3.56. The average Bonchev–Trinajstić information content (AvgIpc) is 2.55. The highest BCUT2D eigenvalue weighted by Crippen LogP contribution is 2.26. The van der Waals surface area contributed by atoms with Crippen LogP contribution in [0.15, 0.2) is 47.4 Å². The Kier molecular flexibility index (Phi) is 6.92. The first-order valence-electron chi connectivity index (χ1n) is 7.85. The highest BCUT2D eigenvalue weighted by molar-refractivity contribution is 7.89. The fourth-order valence-electron chi connectivity index (χ4n) is 2.38. The van der Waals surface area contributed by atoms with Crippen LogP contribution >= 0.6 is 11.6 Å². The van der Waals surface area contributed by atoms with E-state index in [1.54, 1.807) is 19.0 Å². The summed E-state index contributed by atoms with van der Waals surface area (Å²) in [4.78, 5) is 1.46. The molecule has 1 N–H and O–H groups in total. The van der Waals surface area contributed by atoms with E-state index in [4.69, 9.17) is 11.6 Å². The first-order chi connectivity index (χ1) is 12.9. The summed E-state index contributed by atoms with van der Waals surface area (Å²) >= 11 is 5.78. The number of alkyl halides is 3. The van der Waals surface area contributed by atoms with Crippen LogP contribution in [-0.2, 0) is 10.0 Å². The van der Waals surface area contributed by atoms with E-state index in [1.807, 2.05) is 0 Å². The zero-order valence-electron chi connectivity index (χ0n) is 14.8. The van der Waals surface area contributed by atoms with Gasteiger partial charge in [-0.2, -0.15) is 0 Å². The number of hydrogen-bond acceptors (Lipinski definition) is 4. The summed E-state index contributed by atoms with van der Waals surface area (Å²) in [6, 6.07) is 6.85. The Morgan fingerprint density at radius 2 is 1.75 bits per heavy atom. The molecule has 0 aliphatic heterocycles. The van der Waals surface area contributed by atoms with Gasteiger partial charge in [0, 0.05) is 6.54 Å². The molecule has 0 radical (unpaired) electrons. The number of ether oxygens (including phenoxy) is 1. The molecule has 0 aliphatic carbocycles. The molecule has 11 heteroatoms. The maximum absolute atomic E-state index is 13.4. The van der Waals surface area contributed by atoms with Crippen molar-refractivity contribution < 1.29 is 30.7 Å². The zero-order valence-corrected chi connectivity index (χ0v) is 16.4. The van der Waals surface area contributed by atoms with Crippen molar-refractivity contribution in [2.45, 2.75) is 17.3 Å². The third-order valence-corrected chi connectivity index (χ3v) is 5.34. The Hall–Kier alpha value is -1.88. The summed E-state index contributed by atoms with van der Waals surface area (Å²) in [5.41, 5.74) is 0.431. The Labute approximate surface area is 164 Å². The van der Waals surface area contributed by atoms with Gasteiger partial charge in [-0.15, -0.1) is 13.2 Å². The van der Waals surface area contributed by atoms with Crippen molar-refractivity contribution in [3.63, 3.8) is 0 Å². The van der Waals surface area contributed by atoms with E-state index < -0.39 is 34.0 Å². The van der Waals surface area contributed by atoms with E-state index in [-0.39, 0.29) is 16.5 Å². The normalized spacial score (nSPS) is 13.6. The van der Waals surface area contributed by atoms with Crippen LogP contribution in [0.25, 0.3) is 0 Å². The number of likely N-dealkylation sites (N-methyl/N-ethyl adjacent to an activating group) is 1. The maximum atomic E-state index is 13.4. The molecule has 1 atom stereocenters. The second-order valence-corrected chi connectivity index (χ2v) is 8.25. The fourth-order valence-corrected chi connectivity index (χ4v) is 3.79. The van der Waals surface area contributed by atoms with E-state index in [2.05, 4.69) is 9.46 Å². The van der Waals surface area contributed by atoms with Crippen molar-refractivity contribution in [2.75, 3.05) is 20.6 Å². The molecule has 2 aromatic rings. The first kappa shape index (κ1) is 22.4. The van der Waals surface area contributed by atoms with E-state index in [0.717, 1.165) is 30.3 Å². The fraction of sp³-hybridized carbons (Fsp3) is 0.294. The summed E-state index contributed by atoms with van der Waals surface area (Å²) < 4.78 is 81.6. The van der Waals surface area contributed by atoms with Crippen molar-refractivity contribution >= 4 is 21.6 Å². The molecule has 0 heterocycles. The predicted octanol–water partition coefficient (Wildman–Crippen LogP) is 3.96. The van der Waals surface area contributed by atoms with Crippen molar-refractivity contribution in [3.05, 3.63) is 58.9 Å². The molecule has 0 spiro atoms. The summed E-state index contributed by atoms with van der Waals surface area (Å²) in [6.45, 7) is 0.233. The number of nitrogens with zero attached hydrogens (tertiary/aromatic N) is 1. The number of halogens is 5. The molecular weight excluding hydrogens is 424 g/mol. The maximum Gasteiger partial charge on any atom is 0.573 e. The van der Waals surface area contributed by atoms with Gasteiger partial charge < -0.3 is 9.64 Å². The molecule has 0 fully saturated rings. The average molecular weight is 441 g/mol. The van der Waals surface area contributed by atoms with E-state index >= 15 is 0 Å².